The first kappa shape index (κ1) is 24.9. The highest BCUT2D eigenvalue weighted by atomic mass is 35.5. The molecule has 11 heteroatoms. The van der Waals surface area contributed by atoms with Crippen LogP contribution in [0.2, 0.25) is 5.02 Å². The number of pyridine rings is 1. The highest BCUT2D eigenvalue weighted by Crippen LogP contribution is 2.39. The van der Waals surface area contributed by atoms with E-state index in [1.807, 2.05) is 38.1 Å². The quantitative estimate of drug-likeness (QED) is 0.356. The van der Waals surface area contributed by atoms with Gasteiger partial charge in [0.05, 0.1) is 22.5 Å². The Morgan fingerprint density at radius 1 is 1.26 bits per heavy atom. The number of thiophene rings is 1. The summed E-state index contributed by atoms with van der Waals surface area (Å²) in [6, 6.07) is 7.56. The fraction of sp³-hybridized carbons (Fsp3) is 0.333. The van der Waals surface area contributed by atoms with Crippen molar-refractivity contribution in [2.45, 2.75) is 26.8 Å². The molecule has 184 valence electrons. The Morgan fingerprint density at radius 3 is 2.66 bits per heavy atom. The van der Waals surface area contributed by atoms with Crippen molar-refractivity contribution >= 4 is 50.2 Å². The van der Waals surface area contributed by atoms with Crippen LogP contribution in [-0.4, -0.2) is 39.4 Å². The molecule has 0 atom stereocenters. The lowest BCUT2D eigenvalue weighted by molar-refractivity contribution is -0.0789. The third-order valence-electron chi connectivity index (χ3n) is 5.64. The Hall–Kier alpha value is -3.21. The van der Waals surface area contributed by atoms with Crippen molar-refractivity contribution in [3.05, 3.63) is 66.8 Å². The van der Waals surface area contributed by atoms with Crippen LogP contribution < -0.4 is 16.0 Å². The van der Waals surface area contributed by atoms with Gasteiger partial charge in [-0.3, -0.25) is 23.8 Å². The largest absolute Gasteiger partial charge is 0.439 e. The summed E-state index contributed by atoms with van der Waals surface area (Å²) in [5, 5.41) is 2.37. The molecule has 0 spiro atoms. The molecule has 0 N–H and O–H groups in total. The molecule has 1 amide bonds. The fourth-order valence-corrected chi connectivity index (χ4v) is 5.29. The molecule has 35 heavy (non-hydrogen) atoms. The van der Waals surface area contributed by atoms with E-state index < -0.39 is 17.3 Å². The predicted molar refractivity (Wildman–Crippen MR) is 137 cm³/mol. The lowest BCUT2D eigenvalue weighted by Crippen LogP contribution is -2.38. The molecule has 4 aromatic rings. The number of fused-ring (bicyclic) bond motifs is 2. The first-order chi connectivity index (χ1) is 16.6. The monoisotopic (exact) mass is 516 g/mol. The second-order valence-corrected chi connectivity index (χ2v) is 10.0. The zero-order valence-corrected chi connectivity index (χ0v) is 21.6. The van der Waals surface area contributed by atoms with Crippen LogP contribution in [0.15, 0.2) is 40.1 Å². The van der Waals surface area contributed by atoms with Crippen LogP contribution in [0.1, 0.15) is 24.3 Å². The number of benzene rings is 1. The lowest BCUT2D eigenvalue weighted by Gasteiger charge is -2.15. The van der Waals surface area contributed by atoms with Gasteiger partial charge < -0.3 is 4.74 Å². The molecule has 9 nitrogen and oxygen atoms in total. The van der Waals surface area contributed by atoms with Crippen LogP contribution in [0.25, 0.3) is 21.1 Å². The molecular weight excluding hydrogens is 492 g/mol. The molecule has 1 aromatic carbocycles. The Balaban J connectivity index is 2.01. The number of hydrogen-bond acceptors (Lipinski definition) is 7. The number of hydroxylamine groups is 2. The lowest BCUT2D eigenvalue weighted by atomic mass is 10.0. The maximum Gasteiger partial charge on any atom is 0.439 e. The number of para-hydroxylation sites is 1. The average molecular weight is 517 g/mol. The Kier molecular flexibility index (Phi) is 6.98. The normalized spacial score (nSPS) is 11.5. The summed E-state index contributed by atoms with van der Waals surface area (Å²) in [5.41, 5.74) is 0.568. The minimum Gasteiger partial charge on any atom is -0.407 e. The molecule has 0 unspecified atom stereocenters. The van der Waals surface area contributed by atoms with Gasteiger partial charge in [0, 0.05) is 38.6 Å². The zero-order valence-electron chi connectivity index (χ0n) is 20.0. The van der Waals surface area contributed by atoms with E-state index in [0.717, 1.165) is 26.1 Å². The summed E-state index contributed by atoms with van der Waals surface area (Å²) in [4.78, 5) is 49.3. The number of carbonyl (C=O) groups excluding carboxylic acids is 1. The first-order valence-electron chi connectivity index (χ1n) is 10.9. The van der Waals surface area contributed by atoms with E-state index in [1.165, 1.54) is 32.5 Å². The maximum atomic E-state index is 13.3. The molecule has 0 aliphatic rings. The molecule has 0 bridgehead atoms. The van der Waals surface area contributed by atoms with E-state index in [9.17, 15) is 14.4 Å². The van der Waals surface area contributed by atoms with Gasteiger partial charge in [0.1, 0.15) is 10.2 Å². The average Bonchev–Trinajstić information content (AvgIpc) is 3.19. The van der Waals surface area contributed by atoms with Crippen molar-refractivity contribution < 1.29 is 14.4 Å². The van der Waals surface area contributed by atoms with Gasteiger partial charge in [0.2, 0.25) is 0 Å². The number of aromatic nitrogens is 3. The molecule has 0 saturated heterocycles. The van der Waals surface area contributed by atoms with Gasteiger partial charge in [-0.2, -0.15) is 5.06 Å². The smallest absolute Gasteiger partial charge is 0.407 e. The summed E-state index contributed by atoms with van der Waals surface area (Å²) in [7, 11) is 4.14. The third kappa shape index (κ3) is 4.56. The van der Waals surface area contributed by atoms with Crippen LogP contribution in [-0.2, 0) is 24.9 Å². The minimum atomic E-state index is -0.803. The zero-order chi connectivity index (χ0) is 25.4. The van der Waals surface area contributed by atoms with Crippen LogP contribution in [0.4, 0.5) is 4.79 Å². The highest BCUT2D eigenvalue weighted by molar-refractivity contribution is 7.19. The molecule has 4 rings (SSSR count). The summed E-state index contributed by atoms with van der Waals surface area (Å²) in [6.45, 7) is 4.36. The summed E-state index contributed by atoms with van der Waals surface area (Å²) < 4.78 is 8.29. The molecule has 0 radical (unpaired) electrons. The van der Waals surface area contributed by atoms with Crippen LogP contribution in [0.3, 0.4) is 0 Å². The first-order valence-corrected chi connectivity index (χ1v) is 12.1. The Bertz CT molecular complexity index is 1560. The van der Waals surface area contributed by atoms with Gasteiger partial charge in [0.25, 0.3) is 5.56 Å². The van der Waals surface area contributed by atoms with Crippen LogP contribution in [0.5, 0.6) is 5.75 Å². The van der Waals surface area contributed by atoms with Crippen molar-refractivity contribution in [2.75, 3.05) is 14.2 Å². The maximum absolute atomic E-state index is 13.3. The van der Waals surface area contributed by atoms with Crippen molar-refractivity contribution in [3.63, 3.8) is 0 Å². The van der Waals surface area contributed by atoms with Gasteiger partial charge in [-0.1, -0.05) is 43.6 Å². The molecular formula is C24H25ClN4O5S. The van der Waals surface area contributed by atoms with Gasteiger partial charge in [0.15, 0.2) is 5.75 Å². The topological polar surface area (TPSA) is 95.7 Å². The summed E-state index contributed by atoms with van der Waals surface area (Å²) in [5.74, 6) is 0.233. The van der Waals surface area contributed by atoms with Crippen LogP contribution >= 0.6 is 22.9 Å². The van der Waals surface area contributed by atoms with Crippen molar-refractivity contribution in [1.29, 1.82) is 0 Å². The van der Waals surface area contributed by atoms with E-state index in [4.69, 9.17) is 21.2 Å². The number of rotatable bonds is 6. The highest BCUT2D eigenvalue weighted by Gasteiger charge is 2.26. The molecule has 0 aliphatic heterocycles. The molecule has 0 fully saturated rings. The van der Waals surface area contributed by atoms with E-state index in [1.54, 1.807) is 10.8 Å². The predicted octanol–water partition coefficient (Wildman–Crippen LogP) is 4.20. The number of halogens is 1. The Labute approximate surface area is 210 Å². The van der Waals surface area contributed by atoms with Crippen molar-refractivity contribution in [2.24, 2.45) is 13.0 Å². The Morgan fingerprint density at radius 2 is 1.97 bits per heavy atom. The van der Waals surface area contributed by atoms with E-state index in [0.29, 0.717) is 21.3 Å². The van der Waals surface area contributed by atoms with Gasteiger partial charge in [-0.25, -0.2) is 9.59 Å². The summed E-state index contributed by atoms with van der Waals surface area (Å²) >= 11 is 7.79. The van der Waals surface area contributed by atoms with Crippen molar-refractivity contribution in [1.82, 2.24) is 19.2 Å². The number of ether oxygens (including phenoxy) is 1. The van der Waals surface area contributed by atoms with E-state index >= 15 is 0 Å². The van der Waals surface area contributed by atoms with Crippen LogP contribution in [0, 0.1) is 5.92 Å². The number of nitrogens with zero attached hydrogens (tertiary/aromatic N) is 4. The van der Waals surface area contributed by atoms with Gasteiger partial charge in [-0.15, -0.1) is 11.3 Å². The number of carbonyl (C=O) groups is 1. The molecule has 3 heterocycles. The molecule has 0 aliphatic carbocycles. The second kappa shape index (κ2) is 9.80. The second-order valence-electron chi connectivity index (χ2n) is 8.51. The third-order valence-corrected chi connectivity index (χ3v) is 7.16. The van der Waals surface area contributed by atoms with E-state index in [-0.39, 0.29) is 23.5 Å². The fourth-order valence-electron chi connectivity index (χ4n) is 3.84. The van der Waals surface area contributed by atoms with Crippen molar-refractivity contribution in [3.8, 4) is 5.75 Å². The minimum absolute atomic E-state index is 0.0916. The SMILES string of the molecule is CON(C)C(=O)Oc1c(Cc2c(Cl)cnc3ccccc23)sc2c1c(=O)n(C)c(=O)n2CC(C)C. The van der Waals surface area contributed by atoms with E-state index in [2.05, 4.69) is 4.98 Å². The van der Waals surface area contributed by atoms with Gasteiger partial charge >= 0.3 is 11.8 Å². The number of amides is 1. The molecule has 0 saturated carbocycles. The van der Waals surface area contributed by atoms with Gasteiger partial charge in [-0.05, 0) is 17.5 Å². The number of hydrogen-bond donors (Lipinski definition) is 0. The summed E-state index contributed by atoms with van der Waals surface area (Å²) in [6.07, 6.45) is 1.03. The molecule has 3 aromatic heterocycles. The standard InChI is InChI=1S/C24H25ClN4O5S/c1-13(2)12-29-22-19(21(30)27(3)23(29)31)20(34-24(32)28(4)33-5)18(35-22)10-15-14-8-6-7-9-17(14)26-11-16(15)25/h6-9,11,13H,10,12H2,1-5H3.